The maximum atomic E-state index is 6.81. The molecule has 0 bridgehead atoms. The molecule has 0 atom stereocenters. The summed E-state index contributed by atoms with van der Waals surface area (Å²) in [6, 6.07) is 47.2. The van der Waals surface area contributed by atoms with Gasteiger partial charge in [-0.25, -0.2) is 0 Å². The van der Waals surface area contributed by atoms with Crippen molar-refractivity contribution < 1.29 is 0 Å². The Morgan fingerprint density at radius 2 is 1.03 bits per heavy atom. The van der Waals surface area contributed by atoms with E-state index in [-0.39, 0.29) is 0 Å². The van der Waals surface area contributed by atoms with Crippen LogP contribution in [0.25, 0.3) is 60.5 Å². The molecule has 0 unspecified atom stereocenters. The summed E-state index contributed by atoms with van der Waals surface area (Å²) in [7, 11) is 0. The van der Waals surface area contributed by atoms with Gasteiger partial charge in [0.05, 0.1) is 16.7 Å². The van der Waals surface area contributed by atoms with Crippen molar-refractivity contribution in [2.75, 3.05) is 0 Å². The summed E-state index contributed by atoms with van der Waals surface area (Å²) in [5.74, 6) is 0. The zero-order valence-electron chi connectivity index (χ0n) is 19.5. The molecule has 1 nitrogen and oxygen atoms in total. The van der Waals surface area contributed by atoms with Gasteiger partial charge in [0, 0.05) is 26.9 Å². The zero-order valence-corrected chi connectivity index (χ0v) is 20.3. The van der Waals surface area contributed by atoms with Crippen LogP contribution in [-0.2, 0) is 0 Å². The summed E-state index contributed by atoms with van der Waals surface area (Å²) in [6.07, 6.45) is 0. The molecule has 0 aliphatic carbocycles. The van der Waals surface area contributed by atoms with Crippen LogP contribution in [0.3, 0.4) is 0 Å². The number of hydrogen-bond donors (Lipinski definition) is 0. The first kappa shape index (κ1) is 21.0. The van der Waals surface area contributed by atoms with E-state index in [0.29, 0.717) is 0 Å². The van der Waals surface area contributed by atoms with Gasteiger partial charge >= 0.3 is 0 Å². The third kappa shape index (κ3) is 3.25. The average molecular weight is 480 g/mol. The predicted molar refractivity (Wildman–Crippen MR) is 154 cm³/mol. The quantitative estimate of drug-likeness (QED) is 0.237. The third-order valence-corrected chi connectivity index (χ3v) is 7.41. The van der Waals surface area contributed by atoms with Crippen LogP contribution < -0.4 is 0 Å². The first-order valence-corrected chi connectivity index (χ1v) is 12.5. The van der Waals surface area contributed by atoms with Crippen LogP contribution in [0.2, 0.25) is 5.02 Å². The molecule has 6 aromatic carbocycles. The van der Waals surface area contributed by atoms with Crippen molar-refractivity contribution >= 4 is 44.2 Å². The highest BCUT2D eigenvalue weighted by molar-refractivity contribution is 6.33. The minimum absolute atomic E-state index is 0.745. The molecule has 1 heterocycles. The summed E-state index contributed by atoms with van der Waals surface area (Å²) in [5, 5.41) is 5.72. The smallest absolute Gasteiger partial charge is 0.0541 e. The molecule has 0 aliphatic heterocycles. The van der Waals surface area contributed by atoms with E-state index < -0.39 is 0 Å². The van der Waals surface area contributed by atoms with Gasteiger partial charge in [-0.1, -0.05) is 115 Å². The molecule has 36 heavy (non-hydrogen) atoms. The molecular formula is C34H22ClN. The lowest BCUT2D eigenvalue weighted by Gasteiger charge is -2.17. The number of aromatic nitrogens is 1. The largest absolute Gasteiger partial charge is 0.309 e. The van der Waals surface area contributed by atoms with Gasteiger partial charge in [0.15, 0.2) is 0 Å². The third-order valence-electron chi connectivity index (χ3n) is 7.08. The van der Waals surface area contributed by atoms with E-state index in [1.165, 1.54) is 43.7 Å². The van der Waals surface area contributed by atoms with Gasteiger partial charge in [0.25, 0.3) is 0 Å². The molecule has 0 fully saturated rings. The molecule has 0 N–H and O–H groups in total. The highest BCUT2D eigenvalue weighted by Gasteiger charge is 2.17. The number of nitrogens with zero attached hydrogens (tertiary/aromatic N) is 1. The fourth-order valence-corrected chi connectivity index (χ4v) is 5.69. The lowest BCUT2D eigenvalue weighted by atomic mass is 9.94. The fourth-order valence-electron chi connectivity index (χ4n) is 5.45. The molecule has 0 aliphatic rings. The molecule has 0 saturated heterocycles. The van der Waals surface area contributed by atoms with Gasteiger partial charge in [-0.3, -0.25) is 0 Å². The molecule has 0 amide bonds. The van der Waals surface area contributed by atoms with Crippen LogP contribution in [0, 0.1) is 0 Å². The van der Waals surface area contributed by atoms with Gasteiger partial charge in [0.1, 0.15) is 0 Å². The van der Waals surface area contributed by atoms with Crippen molar-refractivity contribution in [2.45, 2.75) is 0 Å². The molecule has 0 saturated carbocycles. The Labute approximate surface area is 214 Å². The number of para-hydroxylation sites is 2. The Balaban J connectivity index is 1.58. The van der Waals surface area contributed by atoms with Crippen molar-refractivity contribution in [1.29, 1.82) is 0 Å². The lowest BCUT2D eigenvalue weighted by molar-refractivity contribution is 1.18. The lowest BCUT2D eigenvalue weighted by Crippen LogP contribution is -1.98. The highest BCUT2D eigenvalue weighted by Crippen LogP contribution is 2.40. The van der Waals surface area contributed by atoms with Crippen LogP contribution in [-0.4, -0.2) is 4.57 Å². The van der Waals surface area contributed by atoms with Crippen molar-refractivity contribution in [3.8, 4) is 27.9 Å². The summed E-state index contributed by atoms with van der Waals surface area (Å²) in [5.41, 5.74) is 8.01. The van der Waals surface area contributed by atoms with Gasteiger partial charge < -0.3 is 4.57 Å². The van der Waals surface area contributed by atoms with Crippen LogP contribution in [0.1, 0.15) is 0 Å². The van der Waals surface area contributed by atoms with Gasteiger partial charge in [-0.15, -0.1) is 0 Å². The van der Waals surface area contributed by atoms with Crippen molar-refractivity contribution in [3.05, 3.63) is 138 Å². The summed E-state index contributed by atoms with van der Waals surface area (Å²) >= 11 is 6.81. The van der Waals surface area contributed by atoms with E-state index in [1.807, 2.05) is 12.1 Å². The van der Waals surface area contributed by atoms with E-state index in [1.54, 1.807) is 0 Å². The topological polar surface area (TPSA) is 4.93 Å². The monoisotopic (exact) mass is 479 g/mol. The van der Waals surface area contributed by atoms with E-state index in [0.717, 1.165) is 21.8 Å². The molecular weight excluding hydrogens is 458 g/mol. The highest BCUT2D eigenvalue weighted by atomic mass is 35.5. The number of fused-ring (bicyclic) bond motifs is 4. The van der Waals surface area contributed by atoms with E-state index in [9.17, 15) is 0 Å². The number of hydrogen-bond acceptors (Lipinski definition) is 0. The Hall–Kier alpha value is -4.33. The fraction of sp³-hybridized carbons (Fsp3) is 0. The summed E-state index contributed by atoms with van der Waals surface area (Å²) in [4.78, 5) is 0. The molecule has 2 heteroatoms. The zero-order chi connectivity index (χ0) is 24.1. The predicted octanol–water partition coefficient (Wildman–Crippen LogP) is 9.92. The van der Waals surface area contributed by atoms with Gasteiger partial charge in [-0.2, -0.15) is 0 Å². The standard InChI is InChI=1S/C34H22ClN/c35-31-17-6-3-13-27(31)30-22-24(26-16-9-11-23-10-1-2-12-25(23)26)20-21-34(30)36-32-18-7-4-14-28(32)29-15-5-8-19-33(29)36/h1-22H. The Morgan fingerprint density at radius 3 is 1.78 bits per heavy atom. The van der Waals surface area contributed by atoms with Gasteiger partial charge in [0.2, 0.25) is 0 Å². The van der Waals surface area contributed by atoms with E-state index >= 15 is 0 Å². The Morgan fingerprint density at radius 1 is 0.444 bits per heavy atom. The average Bonchev–Trinajstić information content (AvgIpc) is 3.27. The molecule has 7 aromatic rings. The minimum atomic E-state index is 0.745. The molecule has 1 aromatic heterocycles. The van der Waals surface area contributed by atoms with Crippen molar-refractivity contribution in [3.63, 3.8) is 0 Å². The number of benzene rings is 6. The van der Waals surface area contributed by atoms with Crippen LogP contribution in [0.5, 0.6) is 0 Å². The first-order chi connectivity index (χ1) is 17.8. The summed E-state index contributed by atoms with van der Waals surface area (Å²) in [6.45, 7) is 0. The SMILES string of the molecule is Clc1ccccc1-c1cc(-c2cccc3ccccc23)ccc1-n1c2ccccc2c2ccccc21. The van der Waals surface area contributed by atoms with Crippen molar-refractivity contribution in [2.24, 2.45) is 0 Å². The summed E-state index contributed by atoms with van der Waals surface area (Å²) < 4.78 is 2.37. The van der Waals surface area contributed by atoms with Crippen LogP contribution in [0.15, 0.2) is 133 Å². The Bertz CT molecular complexity index is 1850. The second-order valence-corrected chi connectivity index (χ2v) is 9.52. The van der Waals surface area contributed by atoms with E-state index in [2.05, 4.69) is 126 Å². The number of rotatable bonds is 3. The van der Waals surface area contributed by atoms with Crippen LogP contribution in [0.4, 0.5) is 0 Å². The second kappa shape index (κ2) is 8.41. The minimum Gasteiger partial charge on any atom is -0.309 e. The second-order valence-electron chi connectivity index (χ2n) is 9.11. The number of halogens is 1. The molecule has 0 spiro atoms. The first-order valence-electron chi connectivity index (χ1n) is 12.2. The van der Waals surface area contributed by atoms with E-state index in [4.69, 9.17) is 11.6 Å². The van der Waals surface area contributed by atoms with Gasteiger partial charge in [-0.05, 0) is 52.2 Å². The van der Waals surface area contributed by atoms with Crippen molar-refractivity contribution in [1.82, 2.24) is 4.57 Å². The molecule has 170 valence electrons. The molecule has 7 rings (SSSR count). The maximum absolute atomic E-state index is 6.81. The Kier molecular flexibility index (Phi) is 4.90. The normalized spacial score (nSPS) is 11.5. The maximum Gasteiger partial charge on any atom is 0.0541 e. The molecule has 0 radical (unpaired) electrons. The van der Waals surface area contributed by atoms with Crippen LogP contribution >= 0.6 is 11.6 Å².